The Morgan fingerprint density at radius 1 is 0.875 bits per heavy atom. The van der Waals surface area contributed by atoms with Gasteiger partial charge in [0.1, 0.15) is 11.4 Å². The Balaban J connectivity index is 2.52. The molecule has 0 amide bonds. The molecular formula is C18H18N2O4. The zero-order valence-electron chi connectivity index (χ0n) is 14.2. The van der Waals surface area contributed by atoms with Gasteiger partial charge in [-0.25, -0.2) is 0 Å². The molecule has 0 bridgehead atoms. The molecule has 0 atom stereocenters. The van der Waals surface area contributed by atoms with E-state index in [-0.39, 0.29) is 33.9 Å². The van der Waals surface area contributed by atoms with Crippen molar-refractivity contribution >= 4 is 11.6 Å². The van der Waals surface area contributed by atoms with E-state index in [0.717, 1.165) is 0 Å². The van der Waals surface area contributed by atoms with Crippen molar-refractivity contribution in [2.75, 3.05) is 0 Å². The highest BCUT2D eigenvalue weighted by Crippen LogP contribution is 2.30. The number of aromatic nitrogens is 2. The number of hydrogen-bond acceptors (Lipinski definition) is 4. The van der Waals surface area contributed by atoms with Crippen LogP contribution in [-0.2, 0) is 5.54 Å². The summed E-state index contributed by atoms with van der Waals surface area (Å²) in [4.78, 5) is 52.8. The predicted molar refractivity (Wildman–Crippen MR) is 89.1 cm³/mol. The highest BCUT2D eigenvalue weighted by molar-refractivity contribution is 6.28. The van der Waals surface area contributed by atoms with Crippen molar-refractivity contribution in [2.24, 2.45) is 0 Å². The number of nitrogens with one attached hydrogen (secondary N) is 1. The quantitative estimate of drug-likeness (QED) is 0.681. The van der Waals surface area contributed by atoms with Gasteiger partial charge in [-0.05, 0) is 45.7 Å². The van der Waals surface area contributed by atoms with Crippen LogP contribution in [0.15, 0.2) is 21.7 Å². The molecule has 0 aromatic carbocycles. The molecule has 24 heavy (non-hydrogen) atoms. The molecule has 0 aliphatic heterocycles. The molecule has 0 fully saturated rings. The van der Waals surface area contributed by atoms with Gasteiger partial charge in [0.2, 0.25) is 11.3 Å². The highest BCUT2D eigenvalue weighted by atomic mass is 16.2. The van der Waals surface area contributed by atoms with Crippen molar-refractivity contribution in [3.63, 3.8) is 0 Å². The maximum atomic E-state index is 13.0. The zero-order valence-corrected chi connectivity index (χ0v) is 14.2. The SMILES string of the molecule is Cc1cc(=O)[nH]c2c1C(=O)c1c(C)cc(=O)n(C(C)(C)C)c1C2=O. The van der Waals surface area contributed by atoms with Gasteiger partial charge in [-0.15, -0.1) is 0 Å². The number of pyridine rings is 2. The van der Waals surface area contributed by atoms with Crippen LogP contribution in [0, 0.1) is 13.8 Å². The number of ketones is 2. The number of aryl methyl sites for hydroxylation is 2. The lowest BCUT2D eigenvalue weighted by Crippen LogP contribution is -2.42. The van der Waals surface area contributed by atoms with Crippen LogP contribution in [0.5, 0.6) is 0 Å². The fourth-order valence-corrected chi connectivity index (χ4v) is 3.29. The first kappa shape index (κ1) is 16.1. The van der Waals surface area contributed by atoms with E-state index in [0.29, 0.717) is 11.1 Å². The van der Waals surface area contributed by atoms with Gasteiger partial charge in [-0.2, -0.15) is 0 Å². The molecule has 0 saturated carbocycles. The second kappa shape index (κ2) is 4.87. The summed E-state index contributed by atoms with van der Waals surface area (Å²) >= 11 is 0. The fraction of sp³-hybridized carbons (Fsp3) is 0.333. The minimum Gasteiger partial charge on any atom is -0.318 e. The van der Waals surface area contributed by atoms with Gasteiger partial charge in [-0.3, -0.25) is 23.7 Å². The second-order valence-corrected chi connectivity index (χ2v) is 7.12. The van der Waals surface area contributed by atoms with Crippen molar-refractivity contribution in [2.45, 2.75) is 40.2 Å². The molecule has 124 valence electrons. The van der Waals surface area contributed by atoms with Gasteiger partial charge in [0.25, 0.3) is 5.56 Å². The van der Waals surface area contributed by atoms with E-state index in [4.69, 9.17) is 0 Å². The van der Waals surface area contributed by atoms with Crippen molar-refractivity contribution in [1.29, 1.82) is 0 Å². The standard InChI is InChI=1S/C18H18N2O4/c1-8-6-10(21)19-14-12(8)16(23)13-9(2)7-11(22)20(18(3,4)5)15(13)17(14)24/h6-7H,1-5H3,(H,19,21). The summed E-state index contributed by atoms with van der Waals surface area (Å²) in [5.41, 5.74) is -0.132. The average molecular weight is 326 g/mol. The summed E-state index contributed by atoms with van der Waals surface area (Å²) in [6.07, 6.45) is 0. The third-order valence-electron chi connectivity index (χ3n) is 4.22. The number of fused-ring (bicyclic) bond motifs is 2. The van der Waals surface area contributed by atoms with E-state index in [2.05, 4.69) is 4.98 Å². The average Bonchev–Trinajstić information content (AvgIpc) is 2.41. The number of aromatic amines is 1. The molecular weight excluding hydrogens is 308 g/mol. The Morgan fingerprint density at radius 3 is 2.04 bits per heavy atom. The lowest BCUT2D eigenvalue weighted by atomic mass is 9.84. The summed E-state index contributed by atoms with van der Waals surface area (Å²) < 4.78 is 1.33. The maximum absolute atomic E-state index is 13.0. The Labute approximate surface area is 138 Å². The topological polar surface area (TPSA) is 89.0 Å². The van der Waals surface area contributed by atoms with Crippen molar-refractivity contribution in [3.8, 4) is 0 Å². The van der Waals surface area contributed by atoms with Gasteiger partial charge in [0, 0.05) is 17.7 Å². The summed E-state index contributed by atoms with van der Waals surface area (Å²) in [5, 5.41) is 0. The molecule has 1 aliphatic carbocycles. The van der Waals surface area contributed by atoms with Crippen molar-refractivity contribution < 1.29 is 9.59 Å². The molecule has 2 heterocycles. The molecule has 2 aromatic heterocycles. The van der Waals surface area contributed by atoms with E-state index in [9.17, 15) is 19.2 Å². The van der Waals surface area contributed by atoms with E-state index in [1.54, 1.807) is 34.6 Å². The monoisotopic (exact) mass is 326 g/mol. The van der Waals surface area contributed by atoms with Crippen LogP contribution in [0.4, 0.5) is 0 Å². The number of nitrogens with zero attached hydrogens (tertiary/aromatic N) is 1. The first-order chi connectivity index (χ1) is 11.0. The summed E-state index contributed by atoms with van der Waals surface area (Å²) in [6, 6.07) is 2.67. The Morgan fingerprint density at radius 2 is 1.46 bits per heavy atom. The summed E-state index contributed by atoms with van der Waals surface area (Å²) in [5.74, 6) is -0.847. The van der Waals surface area contributed by atoms with Gasteiger partial charge in [0.05, 0.1) is 11.1 Å². The predicted octanol–water partition coefficient (Wildman–Crippen LogP) is 1.68. The number of carbonyl (C=O) groups is 2. The molecule has 1 N–H and O–H groups in total. The van der Waals surface area contributed by atoms with Gasteiger partial charge >= 0.3 is 0 Å². The van der Waals surface area contributed by atoms with Crippen LogP contribution < -0.4 is 11.1 Å². The third-order valence-corrected chi connectivity index (χ3v) is 4.22. The van der Waals surface area contributed by atoms with Crippen LogP contribution in [0.25, 0.3) is 0 Å². The minimum absolute atomic E-state index is 0.0412. The van der Waals surface area contributed by atoms with Crippen LogP contribution in [0.1, 0.15) is 64.0 Å². The van der Waals surface area contributed by atoms with Crippen LogP contribution >= 0.6 is 0 Å². The third kappa shape index (κ3) is 2.10. The highest BCUT2D eigenvalue weighted by Gasteiger charge is 2.37. The van der Waals surface area contributed by atoms with E-state index >= 15 is 0 Å². The van der Waals surface area contributed by atoms with Crippen LogP contribution in [0.2, 0.25) is 0 Å². The summed E-state index contributed by atoms with van der Waals surface area (Å²) in [7, 11) is 0. The molecule has 2 aromatic rings. The zero-order chi connectivity index (χ0) is 18.0. The maximum Gasteiger partial charge on any atom is 0.251 e. The summed E-state index contributed by atoms with van der Waals surface area (Å²) in [6.45, 7) is 8.63. The first-order valence-electron chi connectivity index (χ1n) is 7.64. The molecule has 0 saturated heterocycles. The second-order valence-electron chi connectivity index (χ2n) is 7.12. The van der Waals surface area contributed by atoms with Crippen LogP contribution in [-0.4, -0.2) is 21.1 Å². The molecule has 0 spiro atoms. The number of carbonyl (C=O) groups excluding carboxylic acids is 2. The lowest BCUT2D eigenvalue weighted by molar-refractivity contribution is 0.0960. The van der Waals surface area contributed by atoms with Gasteiger partial charge < -0.3 is 4.98 Å². The Hall–Kier alpha value is -2.76. The largest absolute Gasteiger partial charge is 0.318 e. The fourth-order valence-electron chi connectivity index (χ4n) is 3.29. The van der Waals surface area contributed by atoms with Gasteiger partial charge in [0.15, 0.2) is 5.78 Å². The molecule has 6 heteroatoms. The van der Waals surface area contributed by atoms with Gasteiger partial charge in [-0.1, -0.05) is 0 Å². The van der Waals surface area contributed by atoms with Crippen molar-refractivity contribution in [3.05, 3.63) is 66.5 Å². The lowest BCUT2D eigenvalue weighted by Gasteiger charge is -2.30. The molecule has 1 aliphatic rings. The van der Waals surface area contributed by atoms with E-state index in [1.807, 2.05) is 0 Å². The molecule has 6 nitrogen and oxygen atoms in total. The van der Waals surface area contributed by atoms with E-state index < -0.39 is 16.9 Å². The normalized spacial score (nSPS) is 13.7. The van der Waals surface area contributed by atoms with E-state index in [1.165, 1.54) is 16.7 Å². The first-order valence-corrected chi connectivity index (χ1v) is 7.64. The minimum atomic E-state index is -0.688. The smallest absolute Gasteiger partial charge is 0.251 e. The van der Waals surface area contributed by atoms with Crippen molar-refractivity contribution in [1.82, 2.24) is 9.55 Å². The van der Waals surface area contributed by atoms with Crippen LogP contribution in [0.3, 0.4) is 0 Å². The number of H-pyrrole nitrogens is 1. The number of hydrogen-bond donors (Lipinski definition) is 1. The molecule has 0 radical (unpaired) electrons. The Kier molecular flexibility index (Phi) is 3.27. The number of rotatable bonds is 0. The Bertz CT molecular complexity index is 1030. The molecule has 0 unspecified atom stereocenters. The molecule has 3 rings (SSSR count).